The second-order valence-corrected chi connectivity index (χ2v) is 8.14. The summed E-state index contributed by atoms with van der Waals surface area (Å²) < 4.78 is 29.5. The van der Waals surface area contributed by atoms with Gasteiger partial charge < -0.3 is 24.4 Å². The highest BCUT2D eigenvalue weighted by Crippen LogP contribution is 2.41. The maximum atomic E-state index is 13.7. The zero-order valence-corrected chi connectivity index (χ0v) is 19.7. The molecule has 0 unspecified atom stereocenters. The Labute approximate surface area is 193 Å². The predicted molar refractivity (Wildman–Crippen MR) is 122 cm³/mol. The highest BCUT2D eigenvalue weighted by molar-refractivity contribution is 5.84. The molecule has 1 heterocycles. The lowest BCUT2D eigenvalue weighted by atomic mass is 9.87. The first-order valence-electron chi connectivity index (χ1n) is 11.0. The lowest BCUT2D eigenvalue weighted by Gasteiger charge is -2.39. The van der Waals surface area contributed by atoms with Crippen LogP contribution in [0.1, 0.15) is 43.0 Å². The van der Waals surface area contributed by atoms with Crippen LogP contribution in [0.15, 0.2) is 36.4 Å². The summed E-state index contributed by atoms with van der Waals surface area (Å²) in [5, 5.41) is 2.86. The number of rotatable bonds is 7. The molecule has 0 saturated carbocycles. The van der Waals surface area contributed by atoms with Crippen LogP contribution in [0, 0.1) is 11.7 Å². The van der Waals surface area contributed by atoms with Crippen LogP contribution in [-0.4, -0.2) is 50.8 Å². The molecule has 1 aliphatic rings. The number of fused-ring (bicyclic) bond motifs is 1. The molecule has 0 aliphatic carbocycles. The molecule has 3 rings (SSSR count). The summed E-state index contributed by atoms with van der Waals surface area (Å²) in [6.45, 7) is 4.25. The molecule has 7 nitrogen and oxygen atoms in total. The molecule has 2 aromatic carbocycles. The van der Waals surface area contributed by atoms with Crippen molar-refractivity contribution < 1.29 is 28.2 Å². The van der Waals surface area contributed by atoms with Gasteiger partial charge in [-0.25, -0.2) is 14.0 Å². The van der Waals surface area contributed by atoms with E-state index in [2.05, 4.69) is 5.32 Å². The summed E-state index contributed by atoms with van der Waals surface area (Å²) >= 11 is 0. The van der Waals surface area contributed by atoms with E-state index in [4.69, 9.17) is 14.2 Å². The van der Waals surface area contributed by atoms with E-state index < -0.39 is 18.1 Å². The van der Waals surface area contributed by atoms with E-state index in [-0.39, 0.29) is 17.8 Å². The molecular formula is C25H31FN2O5. The molecule has 0 fully saturated rings. The number of carbonyl (C=O) groups is 2. The van der Waals surface area contributed by atoms with Crippen molar-refractivity contribution >= 4 is 12.0 Å². The number of ether oxygens (including phenoxy) is 3. The van der Waals surface area contributed by atoms with E-state index in [1.54, 1.807) is 31.3 Å². The van der Waals surface area contributed by atoms with Crippen molar-refractivity contribution in [2.75, 3.05) is 27.9 Å². The van der Waals surface area contributed by atoms with Crippen LogP contribution in [0.25, 0.3) is 0 Å². The number of benzene rings is 2. The monoisotopic (exact) mass is 458 g/mol. The Morgan fingerprint density at radius 2 is 1.76 bits per heavy atom. The third kappa shape index (κ3) is 5.05. The van der Waals surface area contributed by atoms with Gasteiger partial charge in [-0.05, 0) is 53.3 Å². The second-order valence-electron chi connectivity index (χ2n) is 8.14. The van der Waals surface area contributed by atoms with Crippen molar-refractivity contribution in [3.05, 3.63) is 58.9 Å². The van der Waals surface area contributed by atoms with E-state index in [0.29, 0.717) is 30.9 Å². The number of hydrogen-bond donors (Lipinski definition) is 1. The van der Waals surface area contributed by atoms with Gasteiger partial charge in [0.15, 0.2) is 11.5 Å². The first-order chi connectivity index (χ1) is 15.8. The minimum atomic E-state index is -0.770. The lowest BCUT2D eigenvalue weighted by Crippen LogP contribution is -2.53. The van der Waals surface area contributed by atoms with E-state index >= 15 is 0 Å². The van der Waals surface area contributed by atoms with Gasteiger partial charge in [0, 0.05) is 6.54 Å². The van der Waals surface area contributed by atoms with Gasteiger partial charge in [-0.3, -0.25) is 0 Å². The molecule has 2 amide bonds. The Morgan fingerprint density at radius 1 is 1.12 bits per heavy atom. The first kappa shape index (κ1) is 24.4. The smallest absolute Gasteiger partial charge is 0.328 e. The number of nitrogens with zero attached hydrogens (tertiary/aromatic N) is 1. The Hall–Kier alpha value is -3.29. The van der Waals surface area contributed by atoms with Gasteiger partial charge in [0.2, 0.25) is 0 Å². The molecule has 2 aromatic rings. The highest BCUT2D eigenvalue weighted by Gasteiger charge is 2.36. The van der Waals surface area contributed by atoms with E-state index in [1.165, 1.54) is 19.2 Å². The number of methoxy groups -OCH3 is 3. The Kier molecular flexibility index (Phi) is 7.79. The quantitative estimate of drug-likeness (QED) is 0.633. The molecule has 0 radical (unpaired) electrons. The average Bonchev–Trinajstić information content (AvgIpc) is 2.85. The van der Waals surface area contributed by atoms with Crippen LogP contribution in [0.3, 0.4) is 0 Å². The fourth-order valence-corrected chi connectivity index (χ4v) is 4.18. The van der Waals surface area contributed by atoms with Crippen molar-refractivity contribution in [1.82, 2.24) is 10.2 Å². The maximum absolute atomic E-state index is 13.7. The van der Waals surface area contributed by atoms with Crippen LogP contribution < -0.4 is 14.8 Å². The van der Waals surface area contributed by atoms with Crippen LogP contribution >= 0.6 is 0 Å². The van der Waals surface area contributed by atoms with Crippen LogP contribution in [0.4, 0.5) is 9.18 Å². The van der Waals surface area contributed by atoms with Crippen molar-refractivity contribution in [2.24, 2.45) is 5.92 Å². The SMILES string of the molecule is CC[C@H](C)[C@H](NC(=O)N1CCc2cc(OC)c(OC)cc2[C@@H]1c1ccc(F)cc1)C(=O)OC. The van der Waals surface area contributed by atoms with Crippen molar-refractivity contribution in [2.45, 2.75) is 38.8 Å². The van der Waals surface area contributed by atoms with Crippen molar-refractivity contribution in [3.63, 3.8) is 0 Å². The number of esters is 1. The molecule has 33 heavy (non-hydrogen) atoms. The van der Waals surface area contributed by atoms with Gasteiger partial charge in [-0.15, -0.1) is 0 Å². The first-order valence-corrected chi connectivity index (χ1v) is 11.0. The molecule has 0 spiro atoms. The summed E-state index contributed by atoms with van der Waals surface area (Å²) in [7, 11) is 4.44. The van der Waals surface area contributed by atoms with Crippen LogP contribution in [-0.2, 0) is 16.0 Å². The van der Waals surface area contributed by atoms with E-state index in [0.717, 1.165) is 16.7 Å². The number of halogens is 1. The van der Waals surface area contributed by atoms with E-state index in [1.807, 2.05) is 26.0 Å². The number of hydrogen-bond acceptors (Lipinski definition) is 5. The minimum Gasteiger partial charge on any atom is -0.493 e. The molecule has 3 atom stereocenters. The van der Waals surface area contributed by atoms with Gasteiger partial charge >= 0.3 is 12.0 Å². The molecule has 178 valence electrons. The number of urea groups is 1. The molecule has 1 aliphatic heterocycles. The standard InChI is InChI=1S/C25H31FN2O5/c1-6-15(2)22(24(29)33-5)27-25(30)28-12-11-17-13-20(31-3)21(32-4)14-19(17)23(28)16-7-9-18(26)10-8-16/h7-10,13-15,22-23H,6,11-12H2,1-5H3,(H,27,30)/t15-,22-,23-/m0/s1. The van der Waals surface area contributed by atoms with Crippen LogP contribution in [0.2, 0.25) is 0 Å². The van der Waals surface area contributed by atoms with Gasteiger partial charge in [0.1, 0.15) is 11.9 Å². The summed E-state index contributed by atoms with van der Waals surface area (Å²) in [4.78, 5) is 27.5. The van der Waals surface area contributed by atoms with Gasteiger partial charge in [0.25, 0.3) is 0 Å². The Morgan fingerprint density at radius 3 is 2.33 bits per heavy atom. The van der Waals surface area contributed by atoms with Crippen LogP contribution in [0.5, 0.6) is 11.5 Å². The fraction of sp³-hybridized carbons (Fsp3) is 0.440. The third-order valence-corrected chi connectivity index (χ3v) is 6.27. The number of amides is 2. The lowest BCUT2D eigenvalue weighted by molar-refractivity contribution is -0.144. The molecule has 8 heteroatoms. The van der Waals surface area contributed by atoms with E-state index in [9.17, 15) is 14.0 Å². The molecular weight excluding hydrogens is 427 g/mol. The number of carbonyl (C=O) groups excluding carboxylic acids is 2. The third-order valence-electron chi connectivity index (χ3n) is 6.27. The largest absolute Gasteiger partial charge is 0.493 e. The summed E-state index contributed by atoms with van der Waals surface area (Å²) in [6.07, 6.45) is 1.29. The fourth-order valence-electron chi connectivity index (χ4n) is 4.18. The molecule has 0 aromatic heterocycles. The van der Waals surface area contributed by atoms with Gasteiger partial charge in [0.05, 0.1) is 27.4 Å². The summed E-state index contributed by atoms with van der Waals surface area (Å²) in [6, 6.07) is 8.19. The maximum Gasteiger partial charge on any atom is 0.328 e. The predicted octanol–water partition coefficient (Wildman–Crippen LogP) is 4.09. The topological polar surface area (TPSA) is 77.1 Å². The molecule has 0 saturated heterocycles. The van der Waals surface area contributed by atoms with Crippen molar-refractivity contribution in [3.8, 4) is 11.5 Å². The summed E-state index contributed by atoms with van der Waals surface area (Å²) in [5.74, 6) is 0.194. The normalized spacial score (nSPS) is 16.9. The van der Waals surface area contributed by atoms with Crippen molar-refractivity contribution in [1.29, 1.82) is 0 Å². The zero-order valence-electron chi connectivity index (χ0n) is 19.7. The van der Waals surface area contributed by atoms with Gasteiger partial charge in [-0.1, -0.05) is 32.4 Å². The Bertz CT molecular complexity index is 995. The number of nitrogens with one attached hydrogen (secondary N) is 1. The highest BCUT2D eigenvalue weighted by atomic mass is 19.1. The average molecular weight is 459 g/mol. The van der Waals surface area contributed by atoms with Gasteiger partial charge in [-0.2, -0.15) is 0 Å². The minimum absolute atomic E-state index is 0.105. The zero-order chi connectivity index (χ0) is 24.1. The molecule has 1 N–H and O–H groups in total. The second kappa shape index (κ2) is 10.6. The molecule has 0 bridgehead atoms. The Balaban J connectivity index is 2.04. The summed E-state index contributed by atoms with van der Waals surface area (Å²) in [5.41, 5.74) is 2.62.